The third-order valence-corrected chi connectivity index (χ3v) is 2.62. The number of cyclic esters (lactones) is 1. The third-order valence-electron chi connectivity index (χ3n) is 2.62. The summed E-state index contributed by atoms with van der Waals surface area (Å²) >= 11 is 0. The van der Waals surface area contributed by atoms with E-state index >= 15 is 0 Å². The van der Waals surface area contributed by atoms with Crippen molar-refractivity contribution in [2.45, 2.75) is 18.9 Å². The van der Waals surface area contributed by atoms with Gasteiger partial charge in [-0.3, -0.25) is 0 Å². The van der Waals surface area contributed by atoms with Crippen LogP contribution in [0.3, 0.4) is 0 Å². The van der Waals surface area contributed by atoms with Crippen molar-refractivity contribution >= 4 is 5.97 Å². The summed E-state index contributed by atoms with van der Waals surface area (Å²) in [4.78, 5) is 11.1. The largest absolute Gasteiger partial charge is 0.505 e. The van der Waals surface area contributed by atoms with Crippen LogP contribution in [0.15, 0.2) is 41.9 Å². The molecule has 0 unspecified atom stereocenters. The molecule has 0 amide bonds. The number of hydrogen-bond donors (Lipinski definition) is 2. The van der Waals surface area contributed by atoms with Gasteiger partial charge in [-0.05, 0) is 12.5 Å². The first-order valence-corrected chi connectivity index (χ1v) is 4.93. The van der Waals surface area contributed by atoms with Crippen molar-refractivity contribution < 1.29 is 19.7 Å². The van der Waals surface area contributed by atoms with Gasteiger partial charge in [0, 0.05) is 6.42 Å². The van der Waals surface area contributed by atoms with Crippen molar-refractivity contribution in [3.05, 3.63) is 47.4 Å². The van der Waals surface area contributed by atoms with E-state index in [0.717, 1.165) is 5.56 Å². The van der Waals surface area contributed by atoms with Gasteiger partial charge >= 0.3 is 5.97 Å². The average molecular weight is 220 g/mol. The van der Waals surface area contributed by atoms with Gasteiger partial charge < -0.3 is 14.9 Å². The molecular formula is C12H12O4. The van der Waals surface area contributed by atoms with Crippen LogP contribution in [0.5, 0.6) is 0 Å². The lowest BCUT2D eigenvalue weighted by atomic mass is 9.95. The first kappa shape index (κ1) is 10.5. The smallest absolute Gasteiger partial charge is 0.378 e. The highest BCUT2D eigenvalue weighted by Gasteiger charge is 2.45. The summed E-state index contributed by atoms with van der Waals surface area (Å²) < 4.78 is 4.96. The second-order valence-corrected chi connectivity index (χ2v) is 3.98. The molecule has 0 spiro atoms. The zero-order valence-corrected chi connectivity index (χ0v) is 8.80. The van der Waals surface area contributed by atoms with E-state index in [2.05, 4.69) is 0 Å². The Morgan fingerprint density at radius 2 is 1.88 bits per heavy atom. The summed E-state index contributed by atoms with van der Waals surface area (Å²) in [7, 11) is 0. The molecular weight excluding hydrogens is 208 g/mol. The van der Waals surface area contributed by atoms with Crippen molar-refractivity contribution in [2.75, 3.05) is 0 Å². The number of hydrogen-bond acceptors (Lipinski definition) is 4. The van der Waals surface area contributed by atoms with Gasteiger partial charge in [-0.2, -0.15) is 0 Å². The van der Waals surface area contributed by atoms with Gasteiger partial charge in [0.2, 0.25) is 5.76 Å². The topological polar surface area (TPSA) is 66.8 Å². The molecule has 0 fully saturated rings. The molecule has 0 bridgehead atoms. The zero-order chi connectivity index (χ0) is 11.8. The molecule has 1 heterocycles. The number of aliphatic hydroxyl groups excluding tert-OH is 2. The molecule has 4 nitrogen and oxygen atoms in total. The molecule has 1 aromatic carbocycles. The van der Waals surface area contributed by atoms with Gasteiger partial charge in [-0.1, -0.05) is 30.3 Å². The fourth-order valence-corrected chi connectivity index (χ4v) is 1.75. The van der Waals surface area contributed by atoms with Crippen LogP contribution in [0, 0.1) is 0 Å². The van der Waals surface area contributed by atoms with Crippen LogP contribution >= 0.6 is 0 Å². The molecule has 2 rings (SSSR count). The van der Waals surface area contributed by atoms with Gasteiger partial charge in [0.05, 0.1) is 0 Å². The van der Waals surface area contributed by atoms with Crippen LogP contribution in [0.25, 0.3) is 0 Å². The maximum atomic E-state index is 11.1. The molecule has 1 aliphatic rings. The molecule has 2 N–H and O–H groups in total. The standard InChI is InChI=1S/C12H12O4/c1-12(7-8-5-3-2-4-6-8)10(14)9(13)11(15)16-12/h2-6,13-14H,7H2,1H3/t12-/m0/s1. The number of carbonyl (C=O) groups is 1. The summed E-state index contributed by atoms with van der Waals surface area (Å²) in [5, 5.41) is 18.9. The molecule has 16 heavy (non-hydrogen) atoms. The quantitative estimate of drug-likeness (QED) is 0.747. The van der Waals surface area contributed by atoms with E-state index in [9.17, 15) is 15.0 Å². The Morgan fingerprint density at radius 3 is 2.38 bits per heavy atom. The molecule has 84 valence electrons. The second kappa shape index (κ2) is 3.56. The predicted octanol–water partition coefficient (Wildman–Crippen LogP) is 1.87. The molecule has 0 radical (unpaired) electrons. The van der Waals surface area contributed by atoms with Gasteiger partial charge in [0.25, 0.3) is 0 Å². The molecule has 0 aromatic heterocycles. The molecule has 1 aliphatic heterocycles. The van der Waals surface area contributed by atoms with Crippen molar-refractivity contribution in [1.82, 2.24) is 0 Å². The molecule has 4 heteroatoms. The normalized spacial score (nSPS) is 24.7. The molecule has 0 aliphatic carbocycles. The Labute approximate surface area is 92.8 Å². The van der Waals surface area contributed by atoms with E-state index in [1.54, 1.807) is 6.92 Å². The van der Waals surface area contributed by atoms with Crippen LogP contribution < -0.4 is 0 Å². The number of carbonyl (C=O) groups excluding carboxylic acids is 1. The van der Waals surface area contributed by atoms with Gasteiger partial charge in [0.1, 0.15) is 0 Å². The Balaban J connectivity index is 2.26. The Kier molecular flexibility index (Phi) is 2.34. The number of ether oxygens (including phenoxy) is 1. The summed E-state index contributed by atoms with van der Waals surface area (Å²) in [5.74, 6) is -1.98. The maximum absolute atomic E-state index is 11.1. The number of rotatable bonds is 2. The summed E-state index contributed by atoms with van der Waals surface area (Å²) in [6.07, 6.45) is 0.329. The highest BCUT2D eigenvalue weighted by atomic mass is 16.6. The predicted molar refractivity (Wildman–Crippen MR) is 56.9 cm³/mol. The van der Waals surface area contributed by atoms with Crippen LogP contribution in [0.4, 0.5) is 0 Å². The van der Waals surface area contributed by atoms with Crippen LogP contribution in [0.2, 0.25) is 0 Å². The Morgan fingerprint density at radius 1 is 1.25 bits per heavy atom. The molecule has 1 atom stereocenters. The number of esters is 1. The number of aliphatic hydroxyl groups is 2. The minimum Gasteiger partial charge on any atom is -0.505 e. The SMILES string of the molecule is C[C@@]1(Cc2ccccc2)OC(=O)C(O)=C1O. The van der Waals surface area contributed by atoms with Crippen molar-refractivity contribution in [3.8, 4) is 0 Å². The van der Waals surface area contributed by atoms with Crippen molar-refractivity contribution in [1.29, 1.82) is 0 Å². The van der Waals surface area contributed by atoms with E-state index < -0.39 is 23.1 Å². The van der Waals surface area contributed by atoms with Gasteiger partial charge in [-0.15, -0.1) is 0 Å². The third kappa shape index (κ3) is 1.62. The first-order valence-electron chi connectivity index (χ1n) is 4.93. The maximum Gasteiger partial charge on any atom is 0.378 e. The van der Waals surface area contributed by atoms with Gasteiger partial charge in [-0.25, -0.2) is 4.79 Å². The average Bonchev–Trinajstić information content (AvgIpc) is 2.44. The minimum atomic E-state index is -1.16. The van der Waals surface area contributed by atoms with Crippen LogP contribution in [-0.2, 0) is 16.0 Å². The molecule has 0 saturated heterocycles. The van der Waals surface area contributed by atoms with Crippen molar-refractivity contribution in [3.63, 3.8) is 0 Å². The van der Waals surface area contributed by atoms with E-state index in [1.807, 2.05) is 30.3 Å². The Hall–Kier alpha value is -1.97. The van der Waals surface area contributed by atoms with E-state index in [-0.39, 0.29) is 0 Å². The highest BCUT2D eigenvalue weighted by Crippen LogP contribution is 2.32. The lowest BCUT2D eigenvalue weighted by Gasteiger charge is -2.22. The summed E-state index contributed by atoms with van der Waals surface area (Å²) in [5.41, 5.74) is -0.248. The monoisotopic (exact) mass is 220 g/mol. The van der Waals surface area contributed by atoms with E-state index in [4.69, 9.17) is 4.74 Å². The minimum absolute atomic E-state index is 0.329. The van der Waals surface area contributed by atoms with Crippen molar-refractivity contribution in [2.24, 2.45) is 0 Å². The van der Waals surface area contributed by atoms with Gasteiger partial charge in [0.15, 0.2) is 11.4 Å². The summed E-state index contributed by atoms with van der Waals surface area (Å²) in [6, 6.07) is 9.31. The molecule has 1 aromatic rings. The fraction of sp³-hybridized carbons (Fsp3) is 0.250. The highest BCUT2D eigenvalue weighted by molar-refractivity contribution is 5.89. The first-order chi connectivity index (χ1) is 7.53. The number of benzene rings is 1. The van der Waals surface area contributed by atoms with E-state index in [0.29, 0.717) is 6.42 Å². The lowest BCUT2D eigenvalue weighted by Crippen LogP contribution is -2.30. The lowest BCUT2D eigenvalue weighted by molar-refractivity contribution is -0.148. The second-order valence-electron chi connectivity index (χ2n) is 3.98. The fourth-order valence-electron chi connectivity index (χ4n) is 1.75. The van der Waals surface area contributed by atoms with Crippen LogP contribution in [-0.4, -0.2) is 21.8 Å². The molecule has 0 saturated carbocycles. The Bertz CT molecular complexity index is 449. The van der Waals surface area contributed by atoms with Crippen LogP contribution in [0.1, 0.15) is 12.5 Å². The summed E-state index contributed by atoms with van der Waals surface area (Å²) in [6.45, 7) is 1.57. The zero-order valence-electron chi connectivity index (χ0n) is 8.80. The van der Waals surface area contributed by atoms with E-state index in [1.165, 1.54) is 0 Å².